The molecule has 0 saturated heterocycles. The van der Waals surface area contributed by atoms with Gasteiger partial charge in [-0.25, -0.2) is 4.99 Å². The van der Waals surface area contributed by atoms with Gasteiger partial charge in [0.1, 0.15) is 0 Å². The zero-order valence-electron chi connectivity index (χ0n) is 14.8. The number of nitrogens with zero attached hydrogens (tertiary/aromatic N) is 3. The SMILES string of the molecule is CCCCN(CCCC)CC1(Cl)N=CC=CC1=Nc1ccccc1. The molecular weight excluding hydrogens is 318 g/mol. The van der Waals surface area contributed by atoms with Crippen LogP contribution in [0.1, 0.15) is 39.5 Å². The number of rotatable bonds is 9. The summed E-state index contributed by atoms with van der Waals surface area (Å²) in [6.45, 7) is 7.25. The van der Waals surface area contributed by atoms with Crippen LogP contribution in [0, 0.1) is 0 Å². The van der Waals surface area contributed by atoms with E-state index in [2.05, 4.69) is 23.7 Å². The summed E-state index contributed by atoms with van der Waals surface area (Å²) in [7, 11) is 0. The molecule has 0 saturated carbocycles. The topological polar surface area (TPSA) is 28.0 Å². The monoisotopic (exact) mass is 345 g/mol. The Morgan fingerprint density at radius 1 is 1.08 bits per heavy atom. The first-order valence-corrected chi connectivity index (χ1v) is 9.33. The second-order valence-electron chi connectivity index (χ2n) is 6.21. The smallest absolute Gasteiger partial charge is 0.188 e. The molecule has 1 aliphatic rings. The van der Waals surface area contributed by atoms with E-state index in [0.717, 1.165) is 24.5 Å². The molecule has 0 aromatic heterocycles. The van der Waals surface area contributed by atoms with Crippen LogP contribution in [0.15, 0.2) is 52.5 Å². The summed E-state index contributed by atoms with van der Waals surface area (Å²) in [6, 6.07) is 9.94. The molecule has 3 nitrogen and oxygen atoms in total. The Balaban J connectivity index is 2.17. The lowest BCUT2D eigenvalue weighted by Crippen LogP contribution is -2.44. The van der Waals surface area contributed by atoms with Gasteiger partial charge in [0.2, 0.25) is 0 Å². The highest BCUT2D eigenvalue weighted by Gasteiger charge is 2.34. The van der Waals surface area contributed by atoms with Crippen molar-refractivity contribution in [3.63, 3.8) is 0 Å². The Morgan fingerprint density at radius 2 is 1.75 bits per heavy atom. The first-order chi connectivity index (χ1) is 11.7. The third-order valence-electron chi connectivity index (χ3n) is 4.11. The minimum atomic E-state index is -0.800. The lowest BCUT2D eigenvalue weighted by atomic mass is 10.1. The van der Waals surface area contributed by atoms with Crippen LogP contribution in [0.2, 0.25) is 0 Å². The Kier molecular flexibility index (Phi) is 7.67. The van der Waals surface area contributed by atoms with Gasteiger partial charge in [-0.05, 0) is 50.2 Å². The molecule has 0 bridgehead atoms. The Morgan fingerprint density at radius 3 is 2.38 bits per heavy atom. The van der Waals surface area contributed by atoms with Crippen LogP contribution in [0.4, 0.5) is 5.69 Å². The zero-order chi connectivity index (χ0) is 17.3. The Labute approximate surface area is 151 Å². The van der Waals surface area contributed by atoms with Gasteiger partial charge in [-0.15, -0.1) is 0 Å². The summed E-state index contributed by atoms with van der Waals surface area (Å²) < 4.78 is 0. The third kappa shape index (κ3) is 5.57. The van der Waals surface area contributed by atoms with Gasteiger partial charge < -0.3 is 0 Å². The van der Waals surface area contributed by atoms with Crippen LogP contribution in [0.3, 0.4) is 0 Å². The third-order valence-corrected chi connectivity index (χ3v) is 4.52. The molecule has 1 atom stereocenters. The number of hydrogen-bond acceptors (Lipinski definition) is 3. The summed E-state index contributed by atoms with van der Waals surface area (Å²) in [5.41, 5.74) is 1.73. The molecule has 0 N–H and O–H groups in total. The van der Waals surface area contributed by atoms with Crippen molar-refractivity contribution in [1.29, 1.82) is 0 Å². The normalized spacial score (nSPS) is 21.8. The zero-order valence-corrected chi connectivity index (χ0v) is 15.5. The van der Waals surface area contributed by atoms with Gasteiger partial charge in [-0.1, -0.05) is 56.5 Å². The van der Waals surface area contributed by atoms with Crippen LogP contribution in [-0.4, -0.2) is 41.5 Å². The summed E-state index contributed by atoms with van der Waals surface area (Å²) in [5, 5.41) is 0. The fourth-order valence-corrected chi connectivity index (χ4v) is 3.04. The molecule has 0 spiro atoms. The number of alkyl halides is 1. The quantitative estimate of drug-likeness (QED) is 0.444. The summed E-state index contributed by atoms with van der Waals surface area (Å²) in [4.78, 5) is 10.9. The molecule has 1 heterocycles. The summed E-state index contributed by atoms with van der Waals surface area (Å²) in [6.07, 6.45) is 10.4. The minimum Gasteiger partial charge on any atom is -0.299 e. The minimum absolute atomic E-state index is 0.695. The number of allylic oxidation sites excluding steroid dienone is 1. The van der Waals surface area contributed by atoms with Crippen molar-refractivity contribution in [2.24, 2.45) is 9.98 Å². The lowest BCUT2D eigenvalue weighted by molar-refractivity contribution is 0.255. The molecule has 4 heteroatoms. The van der Waals surface area contributed by atoms with Crippen molar-refractivity contribution in [2.75, 3.05) is 19.6 Å². The first-order valence-electron chi connectivity index (χ1n) is 8.95. The highest BCUT2D eigenvalue weighted by atomic mass is 35.5. The van der Waals surface area contributed by atoms with Crippen LogP contribution in [-0.2, 0) is 0 Å². The maximum atomic E-state index is 6.92. The van der Waals surface area contributed by atoms with Gasteiger partial charge in [0.25, 0.3) is 0 Å². The van der Waals surface area contributed by atoms with E-state index in [9.17, 15) is 0 Å². The van der Waals surface area contributed by atoms with Gasteiger partial charge in [-0.2, -0.15) is 0 Å². The van der Waals surface area contributed by atoms with Crippen LogP contribution in [0.5, 0.6) is 0 Å². The van der Waals surface area contributed by atoms with E-state index >= 15 is 0 Å². The fourth-order valence-electron chi connectivity index (χ4n) is 2.71. The molecule has 130 valence electrons. The number of hydrogen-bond donors (Lipinski definition) is 0. The van der Waals surface area contributed by atoms with E-state index in [1.807, 2.05) is 42.5 Å². The van der Waals surface area contributed by atoms with Gasteiger partial charge >= 0.3 is 0 Å². The van der Waals surface area contributed by atoms with Gasteiger partial charge in [0.15, 0.2) is 5.00 Å². The van der Waals surface area contributed by atoms with Crippen LogP contribution < -0.4 is 0 Å². The van der Waals surface area contributed by atoms with E-state index in [-0.39, 0.29) is 0 Å². The highest BCUT2D eigenvalue weighted by Crippen LogP contribution is 2.27. The van der Waals surface area contributed by atoms with Crippen molar-refractivity contribution < 1.29 is 0 Å². The molecule has 1 aromatic carbocycles. The maximum Gasteiger partial charge on any atom is 0.188 e. The van der Waals surface area contributed by atoms with Crippen molar-refractivity contribution >= 4 is 29.2 Å². The first kappa shape index (κ1) is 18.9. The van der Waals surface area contributed by atoms with Crippen molar-refractivity contribution in [1.82, 2.24) is 4.90 Å². The molecular formula is C20H28ClN3. The number of benzene rings is 1. The number of para-hydroxylation sites is 1. The average Bonchev–Trinajstić information content (AvgIpc) is 2.60. The largest absolute Gasteiger partial charge is 0.299 e. The van der Waals surface area contributed by atoms with Gasteiger partial charge in [0.05, 0.1) is 11.4 Å². The lowest BCUT2D eigenvalue weighted by Gasteiger charge is -2.32. The van der Waals surface area contributed by atoms with E-state index in [0.29, 0.717) is 6.54 Å². The van der Waals surface area contributed by atoms with Gasteiger partial charge in [0, 0.05) is 12.8 Å². The summed E-state index contributed by atoms with van der Waals surface area (Å²) in [5.74, 6) is 0. The van der Waals surface area contributed by atoms with Crippen LogP contribution in [0.25, 0.3) is 0 Å². The molecule has 0 aliphatic carbocycles. The van der Waals surface area contributed by atoms with Crippen molar-refractivity contribution in [3.8, 4) is 0 Å². The maximum absolute atomic E-state index is 6.92. The van der Waals surface area contributed by atoms with Crippen LogP contribution >= 0.6 is 11.6 Å². The molecule has 1 unspecified atom stereocenters. The van der Waals surface area contributed by atoms with E-state index in [1.54, 1.807) is 6.21 Å². The number of halogens is 1. The Hall–Kier alpha value is -1.45. The number of dihydropyridines is 1. The predicted octanol–water partition coefficient (Wildman–Crippen LogP) is 5.24. The predicted molar refractivity (Wildman–Crippen MR) is 106 cm³/mol. The molecule has 24 heavy (non-hydrogen) atoms. The second kappa shape index (κ2) is 9.75. The van der Waals surface area contributed by atoms with E-state index in [1.165, 1.54) is 25.7 Å². The van der Waals surface area contributed by atoms with Crippen molar-refractivity contribution in [3.05, 3.63) is 42.5 Å². The fraction of sp³-hybridized carbons (Fsp3) is 0.500. The van der Waals surface area contributed by atoms with Crippen molar-refractivity contribution in [2.45, 2.75) is 44.5 Å². The average molecular weight is 346 g/mol. The molecule has 2 rings (SSSR count). The highest BCUT2D eigenvalue weighted by molar-refractivity contribution is 6.39. The summed E-state index contributed by atoms with van der Waals surface area (Å²) >= 11 is 6.92. The molecule has 1 aliphatic heterocycles. The van der Waals surface area contributed by atoms with E-state index in [4.69, 9.17) is 16.6 Å². The molecule has 0 radical (unpaired) electrons. The molecule has 0 amide bonds. The second-order valence-corrected chi connectivity index (χ2v) is 6.84. The standard InChI is InChI=1S/C20H28ClN3/c1-3-5-15-24(16-6-4-2)17-20(21)19(13-10-14-22-20)23-18-11-8-7-9-12-18/h7-14H,3-6,15-17H2,1-2H3. The molecule has 1 aromatic rings. The number of unbranched alkanes of at least 4 members (excludes halogenated alkanes) is 2. The Bertz CT molecular complexity index is 572. The molecule has 0 fully saturated rings. The van der Waals surface area contributed by atoms with Gasteiger partial charge in [-0.3, -0.25) is 9.89 Å². The van der Waals surface area contributed by atoms with E-state index < -0.39 is 5.00 Å². The number of aliphatic imine (C=N–C) groups is 2.